The van der Waals surface area contributed by atoms with Crippen molar-refractivity contribution >= 4 is 28.7 Å². The lowest BCUT2D eigenvalue weighted by Gasteiger charge is -2.18. The van der Waals surface area contributed by atoms with Crippen LogP contribution in [0, 0.1) is 10.1 Å². The molecule has 10 heteroatoms. The largest absolute Gasteiger partial charge is 0.352 e. The number of carbonyl (C=O) groups excluding carboxylic acids is 3. The number of benzene rings is 1. The van der Waals surface area contributed by atoms with Gasteiger partial charge in [0.1, 0.15) is 12.6 Å². The number of rotatable bonds is 10. The van der Waals surface area contributed by atoms with Gasteiger partial charge in [-0.05, 0) is 5.56 Å². The molecule has 0 aromatic heterocycles. The van der Waals surface area contributed by atoms with Crippen molar-refractivity contribution in [3.8, 4) is 0 Å². The van der Waals surface area contributed by atoms with Crippen LogP contribution in [-0.4, -0.2) is 47.0 Å². The summed E-state index contributed by atoms with van der Waals surface area (Å²) in [5.41, 5.74) is 0.863. The third-order valence-electron chi connectivity index (χ3n) is 3.34. The third kappa shape index (κ3) is 7.97. The van der Waals surface area contributed by atoms with E-state index < -0.39 is 22.9 Å². The molecule has 2 atom stereocenters. The van der Waals surface area contributed by atoms with Crippen molar-refractivity contribution in [2.24, 2.45) is 0 Å². The van der Waals surface area contributed by atoms with Crippen LogP contribution >= 0.6 is 11.8 Å². The van der Waals surface area contributed by atoms with E-state index in [0.717, 1.165) is 17.3 Å². The monoisotopic (exact) mass is 383 g/mol. The summed E-state index contributed by atoms with van der Waals surface area (Å²) in [4.78, 5) is 49.8. The van der Waals surface area contributed by atoms with Crippen molar-refractivity contribution in [3.63, 3.8) is 0 Å². The maximum Gasteiger partial charge on any atom is 0.294 e. The van der Waals surface area contributed by atoms with E-state index in [9.17, 15) is 24.5 Å². The number of hydrogen-bond acceptors (Lipinski definition) is 7. The first-order valence-electron chi connectivity index (χ1n) is 7.85. The van der Waals surface area contributed by atoms with Gasteiger partial charge < -0.3 is 15.5 Å². The van der Waals surface area contributed by atoms with Crippen LogP contribution in [0.25, 0.3) is 0 Å². The van der Waals surface area contributed by atoms with E-state index in [1.807, 2.05) is 30.3 Å². The van der Waals surface area contributed by atoms with Crippen LogP contribution in [0.5, 0.6) is 0 Å². The van der Waals surface area contributed by atoms with Gasteiger partial charge in [0.25, 0.3) is 5.09 Å². The van der Waals surface area contributed by atoms with Crippen LogP contribution in [0.1, 0.15) is 25.3 Å². The molecule has 0 aliphatic rings. The van der Waals surface area contributed by atoms with Crippen LogP contribution in [0.15, 0.2) is 30.3 Å². The molecule has 0 spiro atoms. The number of nitrogens with one attached hydrogen (secondary N) is 2. The molecule has 9 nitrogen and oxygen atoms in total. The highest BCUT2D eigenvalue weighted by molar-refractivity contribution is 8.13. The fourth-order valence-corrected chi connectivity index (χ4v) is 2.97. The Morgan fingerprint density at radius 2 is 1.92 bits per heavy atom. The molecule has 1 unspecified atom stereocenters. The Bertz CT molecular complexity index is 640. The molecule has 0 bridgehead atoms. The highest BCUT2D eigenvalue weighted by Crippen LogP contribution is 2.22. The molecule has 2 amide bonds. The van der Waals surface area contributed by atoms with Gasteiger partial charge in [-0.25, -0.2) is 0 Å². The molecule has 0 radical (unpaired) electrons. The summed E-state index contributed by atoms with van der Waals surface area (Å²) in [6.45, 7) is 2.64. The van der Waals surface area contributed by atoms with Crippen LogP contribution in [-0.2, 0) is 19.2 Å². The Balaban J connectivity index is 2.55. The highest BCUT2D eigenvalue weighted by Gasteiger charge is 2.23. The molecule has 0 aliphatic carbocycles. The van der Waals surface area contributed by atoms with Gasteiger partial charge >= 0.3 is 0 Å². The van der Waals surface area contributed by atoms with Gasteiger partial charge in [-0.15, -0.1) is 10.1 Å². The molecule has 2 N–H and O–H groups in total. The molecule has 142 valence electrons. The van der Waals surface area contributed by atoms with Crippen molar-refractivity contribution in [3.05, 3.63) is 46.0 Å². The first-order valence-corrected chi connectivity index (χ1v) is 8.83. The van der Waals surface area contributed by atoms with Gasteiger partial charge in [-0.2, -0.15) is 0 Å². The Kier molecular flexibility index (Phi) is 9.13. The molecular weight excluding hydrogens is 362 g/mol. The summed E-state index contributed by atoms with van der Waals surface area (Å²) in [5.74, 6) is -1.26. The lowest BCUT2D eigenvalue weighted by molar-refractivity contribution is -0.757. The minimum atomic E-state index is -0.961. The lowest BCUT2D eigenvalue weighted by atomic mass is 10.0. The zero-order valence-corrected chi connectivity index (χ0v) is 15.3. The summed E-state index contributed by atoms with van der Waals surface area (Å²) >= 11 is 0.948. The second-order valence-corrected chi connectivity index (χ2v) is 6.39. The molecule has 1 aromatic rings. The number of carbonyl (C=O) groups is 3. The second kappa shape index (κ2) is 11.1. The number of nitrogens with zero attached hydrogens (tertiary/aromatic N) is 1. The summed E-state index contributed by atoms with van der Waals surface area (Å²) < 4.78 is 0. The molecule has 0 fully saturated rings. The van der Waals surface area contributed by atoms with Gasteiger partial charge in [0.05, 0.1) is 5.92 Å². The molecule has 0 aliphatic heterocycles. The summed E-state index contributed by atoms with van der Waals surface area (Å²) in [6, 6.07) is 8.29. The normalized spacial score (nSPS) is 12.5. The van der Waals surface area contributed by atoms with Crippen LogP contribution in [0.3, 0.4) is 0 Å². The van der Waals surface area contributed by atoms with Gasteiger partial charge in [-0.1, -0.05) is 49.0 Å². The van der Waals surface area contributed by atoms with E-state index in [-0.39, 0.29) is 29.9 Å². The van der Waals surface area contributed by atoms with Crippen molar-refractivity contribution in [1.29, 1.82) is 0 Å². The van der Waals surface area contributed by atoms with Crippen LogP contribution < -0.4 is 10.6 Å². The minimum absolute atomic E-state index is 0.0531. The van der Waals surface area contributed by atoms with Crippen LogP contribution in [0.2, 0.25) is 0 Å². The first-order chi connectivity index (χ1) is 12.3. The number of amides is 2. The average Bonchev–Trinajstić information content (AvgIpc) is 2.61. The lowest BCUT2D eigenvalue weighted by Crippen LogP contribution is -2.48. The van der Waals surface area contributed by atoms with E-state index in [1.54, 1.807) is 6.92 Å². The Morgan fingerprint density at radius 3 is 2.50 bits per heavy atom. The maximum absolute atomic E-state index is 12.3. The predicted molar refractivity (Wildman–Crippen MR) is 95.9 cm³/mol. The molecule has 1 aromatic carbocycles. The molecule has 0 saturated carbocycles. The van der Waals surface area contributed by atoms with Gasteiger partial charge in [0, 0.05) is 19.2 Å². The maximum atomic E-state index is 12.3. The molecule has 1 rings (SSSR count). The van der Waals surface area contributed by atoms with E-state index in [2.05, 4.69) is 15.5 Å². The fourth-order valence-electron chi connectivity index (χ4n) is 2.01. The summed E-state index contributed by atoms with van der Waals surface area (Å²) in [6.07, 6.45) is 0. The Morgan fingerprint density at radius 1 is 1.27 bits per heavy atom. The number of thioether (sulfide) groups is 1. The average molecular weight is 383 g/mol. The highest BCUT2D eigenvalue weighted by atomic mass is 32.2. The van der Waals surface area contributed by atoms with E-state index in [0.29, 0.717) is 0 Å². The SMILES string of the molecule is CC(=O)N[C@@H](CSC(=O)C(C)c1ccccc1)C(=O)NCCO[N+](=O)[O-]. The molecule has 26 heavy (non-hydrogen) atoms. The quantitative estimate of drug-likeness (QED) is 0.349. The van der Waals surface area contributed by atoms with Crippen molar-refractivity contribution in [1.82, 2.24) is 10.6 Å². The third-order valence-corrected chi connectivity index (χ3v) is 4.48. The van der Waals surface area contributed by atoms with Crippen molar-refractivity contribution in [2.45, 2.75) is 25.8 Å². The minimum Gasteiger partial charge on any atom is -0.352 e. The molecule has 0 saturated heterocycles. The molecule has 0 heterocycles. The van der Waals surface area contributed by atoms with Gasteiger partial charge in [-0.3, -0.25) is 14.4 Å². The smallest absolute Gasteiger partial charge is 0.294 e. The van der Waals surface area contributed by atoms with Crippen LogP contribution in [0.4, 0.5) is 0 Å². The standard InChI is InChI=1S/C16H21N3O6S/c1-11(13-6-4-3-5-7-13)16(22)26-10-14(18-12(2)20)15(21)17-8-9-25-19(23)24/h3-7,11,14H,8-10H2,1-2H3,(H,17,21)(H,18,20)/t11?,14-/m0/s1. The summed E-state index contributed by atoms with van der Waals surface area (Å²) in [5, 5.41) is 13.8. The van der Waals surface area contributed by atoms with Crippen molar-refractivity contribution < 1.29 is 24.3 Å². The van der Waals surface area contributed by atoms with E-state index in [4.69, 9.17) is 0 Å². The summed E-state index contributed by atoms with van der Waals surface area (Å²) in [7, 11) is 0. The van der Waals surface area contributed by atoms with E-state index in [1.165, 1.54) is 6.92 Å². The number of hydrogen-bond donors (Lipinski definition) is 2. The van der Waals surface area contributed by atoms with E-state index >= 15 is 0 Å². The van der Waals surface area contributed by atoms with Crippen molar-refractivity contribution in [2.75, 3.05) is 18.9 Å². The topological polar surface area (TPSA) is 128 Å². The predicted octanol–water partition coefficient (Wildman–Crippen LogP) is 0.879. The Labute approximate surface area is 155 Å². The van der Waals surface area contributed by atoms with Gasteiger partial charge in [0.2, 0.25) is 11.8 Å². The second-order valence-electron chi connectivity index (χ2n) is 5.36. The molecular formula is C16H21N3O6S. The first kappa shape index (κ1) is 21.4. The fraction of sp³-hybridized carbons (Fsp3) is 0.438. The van der Waals surface area contributed by atoms with Gasteiger partial charge in [0.15, 0.2) is 5.12 Å². The zero-order valence-electron chi connectivity index (χ0n) is 14.5. The Hall–Kier alpha value is -2.62. The zero-order chi connectivity index (χ0) is 19.5.